The summed E-state index contributed by atoms with van der Waals surface area (Å²) in [7, 11) is 0. The molecule has 6 heteroatoms. The van der Waals surface area contributed by atoms with E-state index in [-0.39, 0.29) is 29.8 Å². The Hall–Kier alpha value is -0.100. The van der Waals surface area contributed by atoms with Gasteiger partial charge in [-0.25, -0.2) is 0 Å². The third kappa shape index (κ3) is 3.07. The number of hydrogen-bond acceptors (Lipinski definition) is 3. The molecule has 0 bridgehead atoms. The van der Waals surface area contributed by atoms with Gasteiger partial charge in [0.25, 0.3) is 5.91 Å². The standard InChI is InChI=1S/C12H17BrN2OS.ClH/c1-12(2)7-15(5-3-9(12)14)11(16)10-8(13)4-6-17-10;/h4,6,9H,3,5,7,14H2,1-2H3;1H. The summed E-state index contributed by atoms with van der Waals surface area (Å²) in [6, 6.07) is 2.09. The van der Waals surface area contributed by atoms with E-state index >= 15 is 0 Å². The van der Waals surface area contributed by atoms with Crippen molar-refractivity contribution in [1.29, 1.82) is 0 Å². The molecule has 102 valence electrons. The second-order valence-corrected chi connectivity index (χ2v) is 6.98. The average Bonchev–Trinajstić information content (AvgIpc) is 2.67. The minimum atomic E-state index is -0.00234. The molecule has 1 aliphatic rings. The summed E-state index contributed by atoms with van der Waals surface area (Å²) in [6.07, 6.45) is 0.877. The van der Waals surface area contributed by atoms with Crippen molar-refractivity contribution in [2.24, 2.45) is 11.1 Å². The third-order valence-electron chi connectivity index (χ3n) is 3.41. The van der Waals surface area contributed by atoms with Gasteiger partial charge in [0.1, 0.15) is 4.88 Å². The number of nitrogens with two attached hydrogens (primary N) is 1. The Morgan fingerprint density at radius 2 is 2.28 bits per heavy atom. The molecule has 2 rings (SSSR count). The van der Waals surface area contributed by atoms with Gasteiger partial charge < -0.3 is 10.6 Å². The van der Waals surface area contributed by atoms with E-state index in [1.165, 1.54) is 11.3 Å². The Morgan fingerprint density at radius 1 is 1.61 bits per heavy atom. The van der Waals surface area contributed by atoms with Crippen LogP contribution in [0.1, 0.15) is 29.9 Å². The molecule has 1 amide bonds. The number of carbonyl (C=O) groups excluding carboxylic acids is 1. The SMILES string of the molecule is CC1(C)CN(C(=O)c2sccc2Br)CCC1N.Cl. The van der Waals surface area contributed by atoms with Gasteiger partial charge in [0.15, 0.2) is 0 Å². The fourth-order valence-electron chi connectivity index (χ4n) is 2.14. The highest BCUT2D eigenvalue weighted by atomic mass is 79.9. The zero-order valence-corrected chi connectivity index (χ0v) is 13.7. The molecule has 1 unspecified atom stereocenters. The third-order valence-corrected chi connectivity index (χ3v) is 5.24. The lowest BCUT2D eigenvalue weighted by molar-refractivity contribution is 0.0537. The number of hydrogen-bond donors (Lipinski definition) is 1. The molecule has 1 fully saturated rings. The van der Waals surface area contributed by atoms with E-state index in [1.54, 1.807) is 0 Å². The summed E-state index contributed by atoms with van der Waals surface area (Å²) in [5, 5.41) is 1.93. The summed E-state index contributed by atoms with van der Waals surface area (Å²) in [5.74, 6) is 0.117. The van der Waals surface area contributed by atoms with Crippen LogP contribution in [0.5, 0.6) is 0 Å². The van der Waals surface area contributed by atoms with Crippen molar-refractivity contribution in [1.82, 2.24) is 4.90 Å². The highest BCUT2D eigenvalue weighted by molar-refractivity contribution is 9.10. The summed E-state index contributed by atoms with van der Waals surface area (Å²) >= 11 is 4.90. The fraction of sp³-hybridized carbons (Fsp3) is 0.583. The lowest BCUT2D eigenvalue weighted by Crippen LogP contribution is -2.53. The van der Waals surface area contributed by atoms with Crippen molar-refractivity contribution in [2.75, 3.05) is 13.1 Å². The smallest absolute Gasteiger partial charge is 0.265 e. The van der Waals surface area contributed by atoms with Crippen LogP contribution in [0.2, 0.25) is 0 Å². The number of halogens is 2. The van der Waals surface area contributed by atoms with E-state index in [1.807, 2.05) is 16.3 Å². The van der Waals surface area contributed by atoms with Crippen LogP contribution in [-0.4, -0.2) is 29.9 Å². The Bertz CT molecular complexity index is 435. The van der Waals surface area contributed by atoms with Gasteiger partial charge in [0.05, 0.1) is 0 Å². The Balaban J connectivity index is 0.00000162. The molecule has 1 atom stereocenters. The molecular weight excluding hydrogens is 336 g/mol. The van der Waals surface area contributed by atoms with Crippen LogP contribution in [0.3, 0.4) is 0 Å². The first kappa shape index (κ1) is 16.0. The summed E-state index contributed by atoms with van der Waals surface area (Å²) < 4.78 is 0.889. The van der Waals surface area contributed by atoms with Crippen molar-refractivity contribution in [2.45, 2.75) is 26.3 Å². The van der Waals surface area contributed by atoms with E-state index in [0.29, 0.717) is 0 Å². The van der Waals surface area contributed by atoms with Crippen LogP contribution in [0.4, 0.5) is 0 Å². The molecule has 0 aliphatic carbocycles. The molecular formula is C12H18BrClN2OS. The van der Waals surface area contributed by atoms with E-state index < -0.39 is 0 Å². The number of thiophene rings is 1. The molecule has 1 aromatic rings. The van der Waals surface area contributed by atoms with Gasteiger partial charge in [-0.05, 0) is 39.2 Å². The average molecular weight is 354 g/mol. The van der Waals surface area contributed by atoms with Crippen molar-refractivity contribution < 1.29 is 4.79 Å². The summed E-state index contributed by atoms with van der Waals surface area (Å²) in [5.41, 5.74) is 6.08. The number of amides is 1. The summed E-state index contributed by atoms with van der Waals surface area (Å²) in [6.45, 7) is 5.74. The van der Waals surface area contributed by atoms with E-state index in [2.05, 4.69) is 29.8 Å². The van der Waals surface area contributed by atoms with E-state index in [9.17, 15) is 4.79 Å². The van der Waals surface area contributed by atoms with Crippen LogP contribution in [0.15, 0.2) is 15.9 Å². The summed E-state index contributed by atoms with van der Waals surface area (Å²) in [4.78, 5) is 15.0. The lowest BCUT2D eigenvalue weighted by atomic mass is 9.79. The second kappa shape index (κ2) is 5.90. The quantitative estimate of drug-likeness (QED) is 0.843. The Labute approximate surface area is 126 Å². The van der Waals surface area contributed by atoms with Gasteiger partial charge in [0.2, 0.25) is 0 Å². The van der Waals surface area contributed by atoms with Crippen molar-refractivity contribution in [3.8, 4) is 0 Å². The molecule has 0 aromatic carbocycles. The normalized spacial score (nSPS) is 22.4. The molecule has 1 saturated heterocycles. The van der Waals surface area contributed by atoms with Crippen molar-refractivity contribution >= 4 is 45.6 Å². The predicted octanol–water partition coefficient (Wildman–Crippen LogP) is 3.13. The first-order valence-electron chi connectivity index (χ1n) is 5.69. The lowest BCUT2D eigenvalue weighted by Gasteiger charge is -2.42. The van der Waals surface area contributed by atoms with Crippen LogP contribution in [-0.2, 0) is 0 Å². The fourth-order valence-corrected chi connectivity index (χ4v) is 3.65. The van der Waals surface area contributed by atoms with E-state index in [4.69, 9.17) is 5.73 Å². The zero-order valence-electron chi connectivity index (χ0n) is 10.5. The van der Waals surface area contributed by atoms with Crippen molar-refractivity contribution in [3.63, 3.8) is 0 Å². The monoisotopic (exact) mass is 352 g/mol. The number of carbonyl (C=O) groups is 1. The molecule has 18 heavy (non-hydrogen) atoms. The van der Waals surface area contributed by atoms with Gasteiger partial charge in [-0.2, -0.15) is 0 Å². The van der Waals surface area contributed by atoms with Crippen LogP contribution < -0.4 is 5.73 Å². The van der Waals surface area contributed by atoms with E-state index in [0.717, 1.165) is 28.9 Å². The van der Waals surface area contributed by atoms with Gasteiger partial charge in [-0.1, -0.05) is 13.8 Å². The van der Waals surface area contributed by atoms with Crippen molar-refractivity contribution in [3.05, 3.63) is 20.8 Å². The predicted molar refractivity (Wildman–Crippen MR) is 81.5 cm³/mol. The molecule has 0 spiro atoms. The largest absolute Gasteiger partial charge is 0.337 e. The minimum Gasteiger partial charge on any atom is -0.337 e. The molecule has 2 heterocycles. The number of likely N-dealkylation sites (tertiary alicyclic amines) is 1. The molecule has 1 aliphatic heterocycles. The topological polar surface area (TPSA) is 46.3 Å². The second-order valence-electron chi connectivity index (χ2n) is 5.21. The molecule has 0 radical (unpaired) electrons. The highest BCUT2D eigenvalue weighted by Gasteiger charge is 2.36. The Morgan fingerprint density at radius 3 is 2.78 bits per heavy atom. The maximum Gasteiger partial charge on any atom is 0.265 e. The van der Waals surface area contributed by atoms with Crippen LogP contribution in [0, 0.1) is 5.41 Å². The zero-order chi connectivity index (χ0) is 12.6. The minimum absolute atomic E-state index is 0. The molecule has 0 saturated carbocycles. The first-order chi connectivity index (χ1) is 7.92. The number of piperidine rings is 1. The van der Waals surface area contributed by atoms with Crippen LogP contribution in [0.25, 0.3) is 0 Å². The van der Waals surface area contributed by atoms with Gasteiger partial charge in [-0.3, -0.25) is 4.79 Å². The number of rotatable bonds is 1. The van der Waals surface area contributed by atoms with Gasteiger partial charge >= 0.3 is 0 Å². The van der Waals surface area contributed by atoms with Gasteiger partial charge in [0, 0.05) is 23.6 Å². The highest BCUT2D eigenvalue weighted by Crippen LogP contribution is 2.31. The van der Waals surface area contributed by atoms with Gasteiger partial charge in [-0.15, -0.1) is 23.7 Å². The Kier molecular flexibility index (Phi) is 5.23. The molecule has 3 nitrogen and oxygen atoms in total. The molecule has 2 N–H and O–H groups in total. The maximum atomic E-state index is 12.3. The first-order valence-corrected chi connectivity index (χ1v) is 7.37. The van der Waals surface area contributed by atoms with Crippen LogP contribution >= 0.6 is 39.7 Å². The molecule has 1 aromatic heterocycles. The number of nitrogens with zero attached hydrogens (tertiary/aromatic N) is 1. The maximum absolute atomic E-state index is 12.3.